The number of aromatic amines is 1. The molecule has 2 atom stereocenters. The third-order valence-corrected chi connectivity index (χ3v) is 4.90. The zero-order valence-electron chi connectivity index (χ0n) is 16.8. The third kappa shape index (κ3) is 5.93. The molecule has 0 aliphatic heterocycles. The summed E-state index contributed by atoms with van der Waals surface area (Å²) in [7, 11) is 1.67. The van der Waals surface area contributed by atoms with Gasteiger partial charge in [0, 0.05) is 0 Å². The van der Waals surface area contributed by atoms with E-state index >= 15 is 0 Å². The number of aryl methyl sites for hydroxylation is 1. The zero-order chi connectivity index (χ0) is 20.5. The quantitative estimate of drug-likeness (QED) is 0.550. The van der Waals surface area contributed by atoms with Crippen molar-refractivity contribution in [1.29, 1.82) is 0 Å². The summed E-state index contributed by atoms with van der Waals surface area (Å²) in [6.45, 7) is 2.48. The lowest BCUT2D eigenvalue weighted by atomic mass is 10.0. The van der Waals surface area contributed by atoms with E-state index in [0.29, 0.717) is 12.3 Å². The van der Waals surface area contributed by atoms with Gasteiger partial charge < -0.3 is 19.8 Å². The van der Waals surface area contributed by atoms with E-state index in [-0.39, 0.29) is 18.1 Å². The zero-order valence-corrected chi connectivity index (χ0v) is 16.8. The van der Waals surface area contributed by atoms with Crippen LogP contribution in [0.1, 0.15) is 35.0 Å². The van der Waals surface area contributed by atoms with Crippen molar-refractivity contribution < 1.29 is 14.3 Å². The minimum absolute atomic E-state index is 0.167. The van der Waals surface area contributed by atoms with Crippen LogP contribution in [0.25, 0.3) is 0 Å². The van der Waals surface area contributed by atoms with Crippen LogP contribution < -0.4 is 10.1 Å². The normalized spacial score (nSPS) is 12.9. The molecule has 29 heavy (non-hydrogen) atoms. The number of ether oxygens (including phenoxy) is 2. The maximum atomic E-state index is 12.6. The van der Waals surface area contributed by atoms with Gasteiger partial charge in [0.1, 0.15) is 11.4 Å². The van der Waals surface area contributed by atoms with Crippen molar-refractivity contribution in [2.24, 2.45) is 0 Å². The van der Waals surface area contributed by atoms with Crippen molar-refractivity contribution >= 4 is 5.91 Å². The molecule has 2 N–H and O–H groups in total. The molecule has 6 nitrogen and oxygen atoms in total. The molecule has 1 aromatic heterocycles. The van der Waals surface area contributed by atoms with Crippen LogP contribution in [0.4, 0.5) is 0 Å². The molecule has 1 heterocycles. The number of para-hydroxylation sites is 1. The lowest BCUT2D eigenvalue weighted by Crippen LogP contribution is -2.43. The highest BCUT2D eigenvalue weighted by molar-refractivity contribution is 5.92. The molecule has 6 heteroatoms. The van der Waals surface area contributed by atoms with Gasteiger partial charge in [-0.3, -0.25) is 4.79 Å². The van der Waals surface area contributed by atoms with Crippen LogP contribution in [0.3, 0.4) is 0 Å². The molecule has 0 aliphatic rings. The summed E-state index contributed by atoms with van der Waals surface area (Å²) in [6.07, 6.45) is 4.32. The summed E-state index contributed by atoms with van der Waals surface area (Å²) in [5, 5.41) is 3.09. The second-order valence-corrected chi connectivity index (χ2v) is 6.90. The van der Waals surface area contributed by atoms with E-state index in [4.69, 9.17) is 9.47 Å². The van der Waals surface area contributed by atoms with Gasteiger partial charge in [-0.2, -0.15) is 0 Å². The standard InChI is InChI=1S/C23H27N3O3/c1-17(29-15-18-8-4-3-5-9-18)20(26-23(27)21-14-24-16-25-21)13-12-19-10-6-7-11-22(19)28-2/h3-11,14,16-17,20H,12-13,15H2,1-2H3,(H,24,25)(H,26,27)/t17-,20+/m0/s1. The molecule has 1 amide bonds. The number of H-pyrrole nitrogens is 1. The van der Waals surface area contributed by atoms with Crippen molar-refractivity contribution in [3.63, 3.8) is 0 Å². The number of hydrogen-bond donors (Lipinski definition) is 2. The highest BCUT2D eigenvalue weighted by atomic mass is 16.5. The average Bonchev–Trinajstić information content (AvgIpc) is 3.31. The number of hydrogen-bond acceptors (Lipinski definition) is 4. The number of imidazole rings is 1. The summed E-state index contributed by atoms with van der Waals surface area (Å²) in [4.78, 5) is 19.3. The number of nitrogens with zero attached hydrogens (tertiary/aromatic N) is 1. The van der Waals surface area contributed by atoms with E-state index in [2.05, 4.69) is 15.3 Å². The Labute approximate surface area is 171 Å². The minimum Gasteiger partial charge on any atom is -0.496 e. The second-order valence-electron chi connectivity index (χ2n) is 6.90. The maximum Gasteiger partial charge on any atom is 0.269 e. The molecule has 0 bridgehead atoms. The van der Waals surface area contributed by atoms with Crippen molar-refractivity contribution in [3.8, 4) is 5.75 Å². The Morgan fingerprint density at radius 3 is 2.62 bits per heavy atom. The number of carbonyl (C=O) groups excluding carboxylic acids is 1. The van der Waals surface area contributed by atoms with Gasteiger partial charge >= 0.3 is 0 Å². The number of carbonyl (C=O) groups is 1. The number of methoxy groups -OCH3 is 1. The van der Waals surface area contributed by atoms with E-state index in [9.17, 15) is 4.79 Å². The fraction of sp³-hybridized carbons (Fsp3) is 0.304. The van der Waals surface area contributed by atoms with Crippen molar-refractivity contribution in [2.75, 3.05) is 7.11 Å². The fourth-order valence-electron chi connectivity index (χ4n) is 3.19. The molecule has 0 radical (unpaired) electrons. The molecular formula is C23H27N3O3. The Morgan fingerprint density at radius 1 is 1.14 bits per heavy atom. The van der Waals surface area contributed by atoms with Gasteiger partial charge in [0.2, 0.25) is 0 Å². The van der Waals surface area contributed by atoms with E-state index < -0.39 is 0 Å². The smallest absolute Gasteiger partial charge is 0.269 e. The van der Waals surface area contributed by atoms with Crippen LogP contribution in [0.2, 0.25) is 0 Å². The number of aromatic nitrogens is 2. The third-order valence-electron chi connectivity index (χ3n) is 4.90. The van der Waals surface area contributed by atoms with Gasteiger partial charge in [-0.15, -0.1) is 0 Å². The van der Waals surface area contributed by atoms with Gasteiger partial charge in [-0.1, -0.05) is 48.5 Å². The molecule has 3 aromatic rings. The molecule has 0 saturated carbocycles. The Kier molecular flexibility index (Phi) is 7.41. The summed E-state index contributed by atoms with van der Waals surface area (Å²) >= 11 is 0. The highest BCUT2D eigenvalue weighted by Crippen LogP contribution is 2.21. The maximum absolute atomic E-state index is 12.6. The Morgan fingerprint density at radius 2 is 1.90 bits per heavy atom. The lowest BCUT2D eigenvalue weighted by molar-refractivity contribution is 0.0242. The van der Waals surface area contributed by atoms with Crippen LogP contribution in [-0.2, 0) is 17.8 Å². The number of benzene rings is 2. The molecule has 152 valence electrons. The van der Waals surface area contributed by atoms with Gasteiger partial charge in [0.05, 0.1) is 38.4 Å². The summed E-state index contributed by atoms with van der Waals surface area (Å²) < 4.78 is 11.5. The van der Waals surface area contributed by atoms with Gasteiger partial charge in [0.25, 0.3) is 5.91 Å². The topological polar surface area (TPSA) is 76.2 Å². The average molecular weight is 393 g/mol. The molecule has 2 aromatic carbocycles. The second kappa shape index (κ2) is 10.4. The van der Waals surface area contributed by atoms with Crippen LogP contribution in [0.15, 0.2) is 67.1 Å². The lowest BCUT2D eigenvalue weighted by Gasteiger charge is -2.26. The molecular weight excluding hydrogens is 366 g/mol. The Hall–Kier alpha value is -3.12. The largest absolute Gasteiger partial charge is 0.496 e. The van der Waals surface area contributed by atoms with Gasteiger partial charge in [0.15, 0.2) is 0 Å². The van der Waals surface area contributed by atoms with Crippen molar-refractivity contribution in [3.05, 3.63) is 83.9 Å². The van der Waals surface area contributed by atoms with E-state index in [0.717, 1.165) is 29.7 Å². The summed E-state index contributed by atoms with van der Waals surface area (Å²) in [6, 6.07) is 17.8. The van der Waals surface area contributed by atoms with E-state index in [1.165, 1.54) is 12.5 Å². The summed E-state index contributed by atoms with van der Waals surface area (Å²) in [5.41, 5.74) is 2.64. The number of amides is 1. The Balaban J connectivity index is 1.67. The van der Waals surface area contributed by atoms with Crippen LogP contribution >= 0.6 is 0 Å². The van der Waals surface area contributed by atoms with Crippen molar-refractivity contribution in [1.82, 2.24) is 15.3 Å². The van der Waals surface area contributed by atoms with E-state index in [1.807, 2.05) is 61.5 Å². The number of nitrogens with one attached hydrogen (secondary N) is 2. The molecule has 0 spiro atoms. The first-order valence-electron chi connectivity index (χ1n) is 9.74. The van der Waals surface area contributed by atoms with Crippen LogP contribution in [-0.4, -0.2) is 35.1 Å². The Bertz CT molecular complexity index is 881. The molecule has 0 unspecified atom stereocenters. The number of rotatable bonds is 10. The molecule has 0 aliphatic carbocycles. The monoisotopic (exact) mass is 393 g/mol. The molecule has 3 rings (SSSR count). The SMILES string of the molecule is COc1ccccc1CC[C@@H](NC(=O)c1cnc[nH]1)[C@H](C)OCc1ccccc1. The minimum atomic E-state index is -0.192. The highest BCUT2D eigenvalue weighted by Gasteiger charge is 2.22. The van der Waals surface area contributed by atoms with Gasteiger partial charge in [-0.05, 0) is 37.0 Å². The molecule has 0 saturated heterocycles. The van der Waals surface area contributed by atoms with Crippen molar-refractivity contribution in [2.45, 2.75) is 38.5 Å². The first-order valence-corrected chi connectivity index (χ1v) is 9.74. The van der Waals surface area contributed by atoms with E-state index in [1.54, 1.807) is 7.11 Å². The first kappa shape index (κ1) is 20.6. The van der Waals surface area contributed by atoms with Gasteiger partial charge in [-0.25, -0.2) is 4.98 Å². The molecule has 0 fully saturated rings. The first-order chi connectivity index (χ1) is 14.2. The van der Waals surface area contributed by atoms with Crippen LogP contribution in [0, 0.1) is 0 Å². The van der Waals surface area contributed by atoms with Crippen LogP contribution in [0.5, 0.6) is 5.75 Å². The predicted octanol–water partition coefficient (Wildman–Crippen LogP) is 3.75. The fourth-order valence-corrected chi connectivity index (χ4v) is 3.19. The summed E-state index contributed by atoms with van der Waals surface area (Å²) in [5.74, 6) is 0.659. The predicted molar refractivity (Wildman–Crippen MR) is 112 cm³/mol.